The molecule has 5 rings (SSSR count). The van der Waals surface area contributed by atoms with Gasteiger partial charge < -0.3 is 0 Å². The number of benzene rings is 2. The minimum Gasteiger partial charge on any atom is -0.296 e. The van der Waals surface area contributed by atoms with E-state index < -0.39 is 0 Å². The van der Waals surface area contributed by atoms with Crippen molar-refractivity contribution in [1.82, 2.24) is 5.32 Å². The van der Waals surface area contributed by atoms with Gasteiger partial charge in [0, 0.05) is 11.8 Å². The summed E-state index contributed by atoms with van der Waals surface area (Å²) in [5, 5.41) is 2.52. The van der Waals surface area contributed by atoms with E-state index in [4.69, 9.17) is 0 Å². The van der Waals surface area contributed by atoms with E-state index in [1.54, 1.807) is 0 Å². The Bertz CT molecular complexity index is 854. The summed E-state index contributed by atoms with van der Waals surface area (Å²) < 4.78 is 0. The van der Waals surface area contributed by atoms with Crippen molar-refractivity contribution >= 4 is 17.4 Å². The van der Waals surface area contributed by atoms with E-state index in [0.717, 1.165) is 16.7 Å². The molecular formula is C22H17NO2. The van der Waals surface area contributed by atoms with Crippen molar-refractivity contribution < 1.29 is 9.59 Å². The van der Waals surface area contributed by atoms with Crippen LogP contribution in [0.2, 0.25) is 0 Å². The van der Waals surface area contributed by atoms with Crippen molar-refractivity contribution in [1.29, 1.82) is 0 Å². The Morgan fingerprint density at radius 2 is 1.12 bits per heavy atom. The maximum atomic E-state index is 12.3. The van der Waals surface area contributed by atoms with Crippen LogP contribution in [0.4, 0.5) is 0 Å². The molecule has 0 radical (unpaired) electrons. The monoisotopic (exact) mass is 327 g/mol. The molecule has 25 heavy (non-hydrogen) atoms. The second kappa shape index (κ2) is 5.28. The van der Waals surface area contributed by atoms with Gasteiger partial charge in [0.2, 0.25) is 11.8 Å². The van der Waals surface area contributed by atoms with Crippen LogP contribution in [0.15, 0.2) is 78.4 Å². The summed E-state index contributed by atoms with van der Waals surface area (Å²) in [5.41, 5.74) is 4.65. The highest BCUT2D eigenvalue weighted by atomic mass is 16.2. The highest BCUT2D eigenvalue weighted by Crippen LogP contribution is 2.56. The molecule has 2 aromatic rings. The molecule has 2 bridgehead atoms. The molecule has 1 N–H and O–H groups in total. The first-order chi connectivity index (χ1) is 12.3. The van der Waals surface area contributed by atoms with Gasteiger partial charge in [0.15, 0.2) is 0 Å². The van der Waals surface area contributed by atoms with Crippen molar-refractivity contribution in [3.05, 3.63) is 89.5 Å². The van der Waals surface area contributed by atoms with Crippen LogP contribution in [0.25, 0.3) is 5.57 Å². The number of hydrogen-bond acceptors (Lipinski definition) is 2. The third-order valence-corrected chi connectivity index (χ3v) is 5.67. The van der Waals surface area contributed by atoms with Gasteiger partial charge in [0.25, 0.3) is 0 Å². The minimum absolute atomic E-state index is 0.0110. The van der Waals surface area contributed by atoms with Crippen molar-refractivity contribution in [2.75, 3.05) is 0 Å². The van der Waals surface area contributed by atoms with Crippen LogP contribution < -0.4 is 5.32 Å². The molecular weight excluding hydrogens is 310 g/mol. The van der Waals surface area contributed by atoms with E-state index in [1.807, 2.05) is 36.4 Å². The lowest BCUT2D eigenvalue weighted by molar-refractivity contribution is -0.126. The van der Waals surface area contributed by atoms with Gasteiger partial charge in [-0.1, -0.05) is 72.8 Å². The molecule has 0 aromatic heterocycles. The predicted molar refractivity (Wildman–Crippen MR) is 95.2 cm³/mol. The summed E-state index contributed by atoms with van der Waals surface area (Å²) in [6, 6.07) is 20.5. The zero-order valence-corrected chi connectivity index (χ0v) is 13.6. The molecule has 3 nitrogen and oxygen atoms in total. The van der Waals surface area contributed by atoms with Crippen molar-refractivity contribution in [2.24, 2.45) is 23.7 Å². The molecule has 2 aromatic carbocycles. The predicted octanol–water partition coefficient (Wildman–Crippen LogP) is 3.19. The van der Waals surface area contributed by atoms with Crippen LogP contribution in [0.1, 0.15) is 11.1 Å². The number of imide groups is 1. The second-order valence-electron chi connectivity index (χ2n) is 6.90. The fourth-order valence-electron chi connectivity index (χ4n) is 4.73. The molecule has 3 heteroatoms. The highest BCUT2D eigenvalue weighted by molar-refractivity contribution is 6.08. The van der Waals surface area contributed by atoms with Gasteiger partial charge in [0.05, 0.1) is 11.8 Å². The molecule has 3 aliphatic rings. The SMILES string of the molecule is O=C1NC(=O)[C@H]2[C@H]1[C@@H]1C=C[C@@H]2C1=C(c1ccccc1)c1ccccc1. The third kappa shape index (κ3) is 1.99. The van der Waals surface area contributed by atoms with Crippen LogP contribution in [0.5, 0.6) is 0 Å². The lowest BCUT2D eigenvalue weighted by atomic mass is 9.85. The zero-order valence-electron chi connectivity index (χ0n) is 13.6. The summed E-state index contributed by atoms with van der Waals surface area (Å²) in [7, 11) is 0. The summed E-state index contributed by atoms with van der Waals surface area (Å²) >= 11 is 0. The molecule has 122 valence electrons. The Labute approximate surface area is 146 Å². The second-order valence-corrected chi connectivity index (χ2v) is 6.90. The van der Waals surface area contributed by atoms with Crippen molar-refractivity contribution in [3.63, 3.8) is 0 Å². The fourth-order valence-corrected chi connectivity index (χ4v) is 4.73. The number of fused-ring (bicyclic) bond motifs is 5. The molecule has 0 spiro atoms. The van der Waals surface area contributed by atoms with Crippen LogP contribution in [-0.2, 0) is 9.59 Å². The van der Waals surface area contributed by atoms with E-state index >= 15 is 0 Å². The van der Waals surface area contributed by atoms with E-state index in [9.17, 15) is 9.59 Å². The number of amides is 2. The normalized spacial score (nSPS) is 29.0. The van der Waals surface area contributed by atoms with Gasteiger partial charge in [-0.05, 0) is 22.3 Å². The summed E-state index contributed by atoms with van der Waals surface area (Å²) in [6.45, 7) is 0. The van der Waals surface area contributed by atoms with Gasteiger partial charge in [-0.15, -0.1) is 0 Å². The number of nitrogens with one attached hydrogen (secondary N) is 1. The molecule has 1 aliphatic heterocycles. The lowest BCUT2D eigenvalue weighted by Crippen LogP contribution is -2.26. The maximum Gasteiger partial charge on any atom is 0.231 e. The summed E-state index contributed by atoms with van der Waals surface area (Å²) in [4.78, 5) is 24.6. The molecule has 2 fully saturated rings. The van der Waals surface area contributed by atoms with E-state index in [0.29, 0.717) is 0 Å². The Kier molecular flexibility index (Phi) is 3.04. The molecule has 1 heterocycles. The largest absolute Gasteiger partial charge is 0.296 e. The Morgan fingerprint density at radius 3 is 1.56 bits per heavy atom. The third-order valence-electron chi connectivity index (χ3n) is 5.67. The quantitative estimate of drug-likeness (QED) is 0.680. The van der Waals surface area contributed by atoms with E-state index in [-0.39, 0.29) is 35.5 Å². The molecule has 4 atom stereocenters. The lowest BCUT2D eigenvalue weighted by Gasteiger charge is -2.18. The van der Waals surface area contributed by atoms with Crippen molar-refractivity contribution in [2.45, 2.75) is 0 Å². The zero-order chi connectivity index (χ0) is 17.0. The average molecular weight is 327 g/mol. The van der Waals surface area contributed by atoms with Crippen LogP contribution in [-0.4, -0.2) is 11.8 Å². The Hall–Kier alpha value is -2.94. The smallest absolute Gasteiger partial charge is 0.231 e. The first-order valence-corrected chi connectivity index (χ1v) is 8.63. The number of hydrogen-bond donors (Lipinski definition) is 1. The van der Waals surface area contributed by atoms with E-state index in [1.165, 1.54) is 5.57 Å². The molecule has 1 saturated heterocycles. The number of allylic oxidation sites excluding steroid dienone is 3. The highest BCUT2D eigenvalue weighted by Gasteiger charge is 2.59. The molecule has 2 amide bonds. The average Bonchev–Trinajstić information content (AvgIpc) is 3.29. The fraction of sp³-hybridized carbons (Fsp3) is 0.182. The van der Waals surface area contributed by atoms with Crippen LogP contribution in [0.3, 0.4) is 0 Å². The number of carbonyl (C=O) groups excluding carboxylic acids is 2. The van der Waals surface area contributed by atoms with Crippen LogP contribution >= 0.6 is 0 Å². The maximum absolute atomic E-state index is 12.3. The van der Waals surface area contributed by atoms with Crippen LogP contribution in [0, 0.1) is 23.7 Å². The minimum atomic E-state index is -0.250. The standard InChI is InChI=1S/C22H17NO2/c24-21-19-15-11-12-16(20(19)22(25)23-21)18(15)17(13-7-3-1-4-8-13)14-9-5-2-6-10-14/h1-12,15-16,19-20H,(H,23,24,25)/t15-,16-,19-,20-/m1/s1. The Balaban J connectivity index is 1.75. The number of rotatable bonds is 2. The van der Waals surface area contributed by atoms with Gasteiger partial charge in [-0.25, -0.2) is 0 Å². The summed E-state index contributed by atoms with van der Waals surface area (Å²) in [6.07, 6.45) is 4.23. The van der Waals surface area contributed by atoms with Gasteiger partial charge in [0.1, 0.15) is 0 Å². The van der Waals surface area contributed by atoms with E-state index in [2.05, 4.69) is 41.7 Å². The summed E-state index contributed by atoms with van der Waals surface area (Å²) in [5.74, 6) is -0.719. The number of carbonyl (C=O) groups is 2. The molecule has 2 aliphatic carbocycles. The van der Waals surface area contributed by atoms with Gasteiger partial charge in [-0.2, -0.15) is 0 Å². The molecule has 0 unspecified atom stereocenters. The first kappa shape index (κ1) is 14.4. The van der Waals surface area contributed by atoms with Gasteiger partial charge >= 0.3 is 0 Å². The Morgan fingerprint density at radius 1 is 0.680 bits per heavy atom. The topological polar surface area (TPSA) is 46.2 Å². The van der Waals surface area contributed by atoms with Gasteiger partial charge in [-0.3, -0.25) is 14.9 Å². The first-order valence-electron chi connectivity index (χ1n) is 8.63. The molecule has 1 saturated carbocycles. The van der Waals surface area contributed by atoms with Crippen molar-refractivity contribution in [3.8, 4) is 0 Å².